The van der Waals surface area contributed by atoms with Gasteiger partial charge in [-0.15, -0.1) is 0 Å². The van der Waals surface area contributed by atoms with Crippen LogP contribution >= 0.6 is 0 Å². The SMILES string of the molecule is CCCCC(=O)Nc1cnc[nH]1. The van der Waals surface area contributed by atoms with Gasteiger partial charge in [0.05, 0.1) is 12.5 Å². The minimum atomic E-state index is 0.0427. The Labute approximate surface area is 71.4 Å². The summed E-state index contributed by atoms with van der Waals surface area (Å²) in [6.45, 7) is 2.06. The van der Waals surface area contributed by atoms with Gasteiger partial charge < -0.3 is 10.3 Å². The molecule has 0 aliphatic rings. The second-order valence-corrected chi connectivity index (χ2v) is 2.62. The van der Waals surface area contributed by atoms with Crippen molar-refractivity contribution in [1.82, 2.24) is 9.97 Å². The minimum Gasteiger partial charge on any atom is -0.331 e. The van der Waals surface area contributed by atoms with Gasteiger partial charge in [-0.2, -0.15) is 0 Å². The number of hydrogen-bond donors (Lipinski definition) is 2. The number of aromatic amines is 1. The number of imidazole rings is 1. The van der Waals surface area contributed by atoms with Crippen molar-refractivity contribution < 1.29 is 4.79 Å². The van der Waals surface area contributed by atoms with Gasteiger partial charge in [-0.1, -0.05) is 13.3 Å². The summed E-state index contributed by atoms with van der Waals surface area (Å²) in [7, 11) is 0. The summed E-state index contributed by atoms with van der Waals surface area (Å²) >= 11 is 0. The Morgan fingerprint density at radius 1 is 1.75 bits per heavy atom. The molecule has 0 radical (unpaired) electrons. The van der Waals surface area contributed by atoms with Crippen LogP contribution in [0.25, 0.3) is 0 Å². The smallest absolute Gasteiger partial charge is 0.225 e. The first-order valence-electron chi connectivity index (χ1n) is 4.11. The first kappa shape index (κ1) is 8.77. The zero-order valence-electron chi connectivity index (χ0n) is 7.13. The summed E-state index contributed by atoms with van der Waals surface area (Å²) in [4.78, 5) is 17.7. The number of carbonyl (C=O) groups excluding carboxylic acids is 1. The fourth-order valence-electron chi connectivity index (χ4n) is 0.874. The van der Waals surface area contributed by atoms with Gasteiger partial charge >= 0.3 is 0 Å². The van der Waals surface area contributed by atoms with Gasteiger partial charge in [-0.3, -0.25) is 4.79 Å². The number of nitrogens with zero attached hydrogens (tertiary/aromatic N) is 1. The Bertz CT molecular complexity index is 230. The monoisotopic (exact) mass is 167 g/mol. The van der Waals surface area contributed by atoms with E-state index in [0.29, 0.717) is 12.2 Å². The highest BCUT2D eigenvalue weighted by Crippen LogP contribution is 2.01. The van der Waals surface area contributed by atoms with Gasteiger partial charge in [0, 0.05) is 6.42 Å². The van der Waals surface area contributed by atoms with E-state index in [9.17, 15) is 4.79 Å². The molecule has 0 bridgehead atoms. The average Bonchev–Trinajstić information content (AvgIpc) is 2.53. The van der Waals surface area contributed by atoms with E-state index in [4.69, 9.17) is 0 Å². The van der Waals surface area contributed by atoms with E-state index in [1.807, 2.05) is 0 Å². The molecule has 0 aliphatic carbocycles. The summed E-state index contributed by atoms with van der Waals surface area (Å²) in [5.41, 5.74) is 0. The number of anilines is 1. The molecule has 4 heteroatoms. The molecule has 2 N–H and O–H groups in total. The maximum atomic E-state index is 11.1. The van der Waals surface area contributed by atoms with Crippen LogP contribution in [0.4, 0.5) is 5.82 Å². The summed E-state index contributed by atoms with van der Waals surface area (Å²) < 4.78 is 0. The first-order chi connectivity index (χ1) is 5.83. The highest BCUT2D eigenvalue weighted by Gasteiger charge is 2.00. The molecule has 0 spiro atoms. The fraction of sp³-hybridized carbons (Fsp3) is 0.500. The van der Waals surface area contributed by atoms with E-state index in [1.165, 1.54) is 6.33 Å². The van der Waals surface area contributed by atoms with E-state index in [1.54, 1.807) is 6.20 Å². The molecule has 0 saturated carbocycles. The summed E-state index contributed by atoms with van der Waals surface area (Å²) in [6.07, 6.45) is 5.67. The topological polar surface area (TPSA) is 57.8 Å². The fourth-order valence-corrected chi connectivity index (χ4v) is 0.874. The average molecular weight is 167 g/mol. The summed E-state index contributed by atoms with van der Waals surface area (Å²) in [6, 6.07) is 0. The quantitative estimate of drug-likeness (QED) is 0.714. The maximum Gasteiger partial charge on any atom is 0.225 e. The number of nitrogens with one attached hydrogen (secondary N) is 2. The van der Waals surface area contributed by atoms with Crippen molar-refractivity contribution in [1.29, 1.82) is 0 Å². The number of unbranched alkanes of at least 4 members (excludes halogenated alkanes) is 1. The molecule has 0 aliphatic heterocycles. The van der Waals surface area contributed by atoms with E-state index in [2.05, 4.69) is 22.2 Å². The highest BCUT2D eigenvalue weighted by molar-refractivity contribution is 5.89. The molecule has 1 aromatic rings. The van der Waals surface area contributed by atoms with Crippen LogP contribution in [0, 0.1) is 0 Å². The van der Waals surface area contributed by atoms with Crippen LogP contribution in [0.1, 0.15) is 26.2 Å². The largest absolute Gasteiger partial charge is 0.331 e. The minimum absolute atomic E-state index is 0.0427. The molecular weight excluding hydrogens is 154 g/mol. The van der Waals surface area contributed by atoms with Gasteiger partial charge in [-0.05, 0) is 6.42 Å². The number of hydrogen-bond acceptors (Lipinski definition) is 2. The number of amides is 1. The lowest BCUT2D eigenvalue weighted by Gasteiger charge is -1.99. The van der Waals surface area contributed by atoms with Gasteiger partial charge in [0.25, 0.3) is 0 Å². The van der Waals surface area contributed by atoms with Crippen LogP contribution in [0.15, 0.2) is 12.5 Å². The van der Waals surface area contributed by atoms with Crippen LogP contribution in [-0.2, 0) is 4.79 Å². The van der Waals surface area contributed by atoms with Crippen LogP contribution in [0.2, 0.25) is 0 Å². The van der Waals surface area contributed by atoms with E-state index < -0.39 is 0 Å². The van der Waals surface area contributed by atoms with Crippen molar-refractivity contribution in [3.63, 3.8) is 0 Å². The van der Waals surface area contributed by atoms with Crippen molar-refractivity contribution in [2.45, 2.75) is 26.2 Å². The molecule has 0 atom stereocenters. The van der Waals surface area contributed by atoms with Crippen molar-refractivity contribution in [2.24, 2.45) is 0 Å². The van der Waals surface area contributed by atoms with Gasteiger partial charge in [0.15, 0.2) is 0 Å². The molecule has 1 aromatic heterocycles. The first-order valence-corrected chi connectivity index (χ1v) is 4.11. The standard InChI is InChI=1S/C8H13N3O/c1-2-3-4-8(12)11-7-5-9-6-10-7/h5-6H,2-4H2,1H3,(H,9,10)(H,11,12). The highest BCUT2D eigenvalue weighted by atomic mass is 16.1. The third kappa shape index (κ3) is 2.74. The Morgan fingerprint density at radius 2 is 2.58 bits per heavy atom. The Hall–Kier alpha value is -1.32. The molecule has 66 valence electrons. The molecule has 0 fully saturated rings. The van der Waals surface area contributed by atoms with Crippen molar-refractivity contribution >= 4 is 11.7 Å². The maximum absolute atomic E-state index is 11.1. The zero-order chi connectivity index (χ0) is 8.81. The molecule has 1 heterocycles. The van der Waals surface area contributed by atoms with Crippen molar-refractivity contribution in [3.05, 3.63) is 12.5 Å². The summed E-state index contributed by atoms with van der Waals surface area (Å²) in [5, 5.41) is 2.70. The number of H-pyrrole nitrogens is 1. The number of rotatable bonds is 4. The normalized spacial score (nSPS) is 9.75. The van der Waals surface area contributed by atoms with E-state index in [0.717, 1.165) is 12.8 Å². The van der Waals surface area contributed by atoms with Crippen LogP contribution in [0.5, 0.6) is 0 Å². The van der Waals surface area contributed by atoms with Gasteiger partial charge in [0.2, 0.25) is 5.91 Å². The predicted molar refractivity (Wildman–Crippen MR) is 46.7 cm³/mol. The Balaban J connectivity index is 2.27. The predicted octanol–water partition coefficient (Wildman–Crippen LogP) is 1.54. The molecule has 12 heavy (non-hydrogen) atoms. The van der Waals surface area contributed by atoms with Gasteiger partial charge in [0.1, 0.15) is 5.82 Å². The Morgan fingerprint density at radius 3 is 3.17 bits per heavy atom. The lowest BCUT2D eigenvalue weighted by atomic mass is 10.2. The number of carbonyl (C=O) groups is 1. The Kier molecular flexibility index (Phi) is 3.32. The lowest BCUT2D eigenvalue weighted by Crippen LogP contribution is -2.10. The zero-order valence-corrected chi connectivity index (χ0v) is 7.13. The molecule has 4 nitrogen and oxygen atoms in total. The third-order valence-corrected chi connectivity index (χ3v) is 1.53. The van der Waals surface area contributed by atoms with Crippen LogP contribution in [0.3, 0.4) is 0 Å². The van der Waals surface area contributed by atoms with E-state index >= 15 is 0 Å². The van der Waals surface area contributed by atoms with E-state index in [-0.39, 0.29) is 5.91 Å². The van der Waals surface area contributed by atoms with Crippen LogP contribution in [-0.4, -0.2) is 15.9 Å². The molecule has 1 amide bonds. The molecule has 0 saturated heterocycles. The molecule has 1 rings (SSSR count). The third-order valence-electron chi connectivity index (χ3n) is 1.53. The van der Waals surface area contributed by atoms with Crippen LogP contribution < -0.4 is 5.32 Å². The molecular formula is C8H13N3O. The lowest BCUT2D eigenvalue weighted by molar-refractivity contribution is -0.116. The van der Waals surface area contributed by atoms with Gasteiger partial charge in [-0.25, -0.2) is 4.98 Å². The van der Waals surface area contributed by atoms with Crippen molar-refractivity contribution in [3.8, 4) is 0 Å². The molecule has 0 aromatic carbocycles. The molecule has 0 unspecified atom stereocenters. The second kappa shape index (κ2) is 4.54. The summed E-state index contributed by atoms with van der Waals surface area (Å²) in [5.74, 6) is 0.706. The van der Waals surface area contributed by atoms with Crippen molar-refractivity contribution in [2.75, 3.05) is 5.32 Å². The number of aromatic nitrogens is 2. The second-order valence-electron chi connectivity index (χ2n) is 2.62.